The highest BCUT2D eigenvalue weighted by molar-refractivity contribution is 6.30. The van der Waals surface area contributed by atoms with Gasteiger partial charge in [0.05, 0.1) is 24.4 Å². The molecule has 5 amide bonds. The number of amides is 5. The average molecular weight is 764 g/mol. The van der Waals surface area contributed by atoms with Crippen LogP contribution in [0.2, 0.25) is 5.02 Å². The van der Waals surface area contributed by atoms with Crippen LogP contribution in [0, 0.1) is 18.3 Å². The number of nitrogens with one attached hydrogen (secondary N) is 3. The van der Waals surface area contributed by atoms with Gasteiger partial charge in [-0.25, -0.2) is 14.6 Å². The predicted octanol–water partition coefficient (Wildman–Crippen LogP) is 5.00. The first-order valence-corrected chi connectivity index (χ1v) is 18.7. The van der Waals surface area contributed by atoms with E-state index < -0.39 is 41.6 Å². The summed E-state index contributed by atoms with van der Waals surface area (Å²) < 4.78 is 0. The lowest BCUT2D eigenvalue weighted by molar-refractivity contribution is -0.132. The van der Waals surface area contributed by atoms with Gasteiger partial charge in [-0.3, -0.25) is 20.0 Å². The molecule has 292 valence electrons. The molecule has 1 saturated heterocycles. The molecular weight excluding hydrogens is 710 g/mol. The van der Waals surface area contributed by atoms with Gasteiger partial charge >= 0.3 is 12.1 Å². The van der Waals surface area contributed by atoms with E-state index >= 15 is 0 Å². The van der Waals surface area contributed by atoms with E-state index in [-0.39, 0.29) is 37.4 Å². The number of hydrogen-bond donors (Lipinski definition) is 5. The van der Waals surface area contributed by atoms with Crippen LogP contribution in [-0.4, -0.2) is 97.8 Å². The second-order valence-electron chi connectivity index (χ2n) is 15.1. The fourth-order valence-corrected chi connectivity index (χ4v) is 6.70. The van der Waals surface area contributed by atoms with Crippen molar-refractivity contribution in [2.75, 3.05) is 19.6 Å². The molecule has 0 unspecified atom stereocenters. The summed E-state index contributed by atoms with van der Waals surface area (Å²) in [6, 6.07) is 19.1. The number of halogens is 1. The van der Waals surface area contributed by atoms with Crippen LogP contribution in [0.5, 0.6) is 0 Å². The molecule has 5 N–H and O–H groups in total. The third-order valence-corrected chi connectivity index (χ3v) is 9.91. The fraction of sp³-hybridized carbons (Fsp3) is 0.475. The molecular formula is C40H54ClN7O6. The zero-order valence-corrected chi connectivity index (χ0v) is 32.7. The number of hydrogen-bond acceptors (Lipinski definition) is 7. The van der Waals surface area contributed by atoms with Crippen molar-refractivity contribution in [2.24, 2.45) is 11.3 Å². The van der Waals surface area contributed by atoms with E-state index in [1.807, 2.05) is 69.3 Å². The molecule has 5 atom stereocenters. The van der Waals surface area contributed by atoms with E-state index in [9.17, 15) is 29.4 Å². The van der Waals surface area contributed by atoms with Crippen LogP contribution in [0.1, 0.15) is 63.6 Å². The van der Waals surface area contributed by atoms with Crippen LogP contribution in [0.15, 0.2) is 72.8 Å². The number of carbonyl (C=O) groups excluding carboxylic acids is 3. The molecule has 0 radical (unpaired) electrons. The van der Waals surface area contributed by atoms with Gasteiger partial charge in [-0.15, -0.1) is 0 Å². The van der Waals surface area contributed by atoms with Crippen molar-refractivity contribution < 1.29 is 29.4 Å². The maximum absolute atomic E-state index is 14.4. The average Bonchev–Trinajstić information content (AvgIpc) is 3.46. The smallest absolute Gasteiger partial charge is 0.405 e. The molecule has 4 rings (SSSR count). The number of aromatic nitrogens is 1. The Bertz CT molecular complexity index is 1720. The van der Waals surface area contributed by atoms with Crippen LogP contribution in [0.25, 0.3) is 0 Å². The van der Waals surface area contributed by atoms with Crippen molar-refractivity contribution in [3.63, 3.8) is 0 Å². The number of hydrazine groups is 1. The van der Waals surface area contributed by atoms with Gasteiger partial charge in [0.25, 0.3) is 5.91 Å². The molecule has 14 heteroatoms. The number of benzene rings is 2. The predicted molar refractivity (Wildman–Crippen MR) is 207 cm³/mol. The maximum Gasteiger partial charge on any atom is 0.405 e. The minimum Gasteiger partial charge on any atom is -0.465 e. The summed E-state index contributed by atoms with van der Waals surface area (Å²) in [5.41, 5.74) is 5.30. The van der Waals surface area contributed by atoms with Crippen LogP contribution >= 0.6 is 11.6 Å². The van der Waals surface area contributed by atoms with Crippen molar-refractivity contribution in [2.45, 2.75) is 91.7 Å². The fourth-order valence-electron chi connectivity index (χ4n) is 6.57. The third kappa shape index (κ3) is 11.9. The monoisotopic (exact) mass is 763 g/mol. The maximum atomic E-state index is 14.4. The number of aryl methyl sites for hydroxylation is 1. The van der Waals surface area contributed by atoms with Crippen LogP contribution in [0.3, 0.4) is 0 Å². The Kier molecular flexibility index (Phi) is 14.8. The number of urea groups is 1. The quantitative estimate of drug-likeness (QED) is 0.120. The van der Waals surface area contributed by atoms with Gasteiger partial charge in [-0.1, -0.05) is 101 Å². The van der Waals surface area contributed by atoms with Crippen LogP contribution < -0.4 is 16.1 Å². The molecule has 0 bridgehead atoms. The van der Waals surface area contributed by atoms with Crippen molar-refractivity contribution in [1.82, 2.24) is 35.9 Å². The highest BCUT2D eigenvalue weighted by Gasteiger charge is 2.41. The Morgan fingerprint density at radius 3 is 2.24 bits per heavy atom. The van der Waals surface area contributed by atoms with Crippen molar-refractivity contribution in [3.8, 4) is 0 Å². The zero-order valence-electron chi connectivity index (χ0n) is 32.0. The van der Waals surface area contributed by atoms with E-state index in [1.54, 1.807) is 54.8 Å². The van der Waals surface area contributed by atoms with E-state index in [1.165, 1.54) is 5.01 Å². The zero-order chi connectivity index (χ0) is 39.6. The van der Waals surface area contributed by atoms with Gasteiger partial charge in [0, 0.05) is 36.9 Å². The van der Waals surface area contributed by atoms with Gasteiger partial charge in [0.15, 0.2) is 0 Å². The largest absolute Gasteiger partial charge is 0.465 e. The van der Waals surface area contributed by atoms with Crippen LogP contribution in [0.4, 0.5) is 9.59 Å². The number of carboxylic acid groups (broad SMARTS) is 1. The van der Waals surface area contributed by atoms with Crippen molar-refractivity contribution in [3.05, 3.63) is 100 Å². The Hall–Kier alpha value is -4.72. The lowest BCUT2D eigenvalue weighted by atomic mass is 9.86. The summed E-state index contributed by atoms with van der Waals surface area (Å²) in [7, 11) is 0. The molecule has 13 nitrogen and oxygen atoms in total. The molecule has 0 spiro atoms. The number of nitrogens with zero attached hydrogens (tertiary/aromatic N) is 4. The molecule has 3 aromatic rings. The summed E-state index contributed by atoms with van der Waals surface area (Å²) in [5.74, 6) is -1.19. The standard InChI is InChI=1S/C40H54ClN7O6/c1-7-26(2)34(48-21-20-46(39(48)54)24-31-15-11-12-27(3)42-31)36(50)43-32(22-28-13-9-8-10-14-28)33(49)25-47(23-29-16-18-30(41)19-17-29)45-37(51)35(40(4,5)6)44-38(52)53/h8-19,26,32-35,44,49H,7,20-25H2,1-6H3,(H,43,50)(H,45,51)(H,52,53)/t26-,32-,33-,34-,35+/m0/s1. The lowest BCUT2D eigenvalue weighted by Crippen LogP contribution is -2.60. The van der Waals surface area contributed by atoms with Crippen LogP contribution in [-0.2, 0) is 29.1 Å². The first-order valence-electron chi connectivity index (χ1n) is 18.4. The summed E-state index contributed by atoms with van der Waals surface area (Å²) in [5, 5.41) is 28.9. The summed E-state index contributed by atoms with van der Waals surface area (Å²) >= 11 is 6.13. The number of aliphatic hydroxyl groups excluding tert-OH is 1. The minimum absolute atomic E-state index is 0.135. The molecule has 1 aliphatic rings. The first-order chi connectivity index (χ1) is 25.5. The minimum atomic E-state index is -1.35. The molecule has 1 fully saturated rings. The van der Waals surface area contributed by atoms with E-state index in [0.717, 1.165) is 22.5 Å². The Labute approximate surface area is 323 Å². The lowest BCUT2D eigenvalue weighted by Gasteiger charge is -2.36. The molecule has 1 aliphatic heterocycles. The second kappa shape index (κ2) is 19.0. The number of rotatable bonds is 17. The van der Waals surface area contributed by atoms with Gasteiger partial charge in [-0.2, -0.15) is 0 Å². The third-order valence-electron chi connectivity index (χ3n) is 9.66. The van der Waals surface area contributed by atoms with Gasteiger partial charge in [-0.05, 0) is 60.1 Å². The van der Waals surface area contributed by atoms with Gasteiger partial charge in [0.1, 0.15) is 12.1 Å². The molecule has 0 aliphatic carbocycles. The van der Waals surface area contributed by atoms with E-state index in [0.29, 0.717) is 31.1 Å². The van der Waals surface area contributed by atoms with Gasteiger partial charge in [0.2, 0.25) is 5.91 Å². The number of carbonyl (C=O) groups is 4. The molecule has 54 heavy (non-hydrogen) atoms. The molecule has 0 saturated carbocycles. The second-order valence-corrected chi connectivity index (χ2v) is 15.5. The van der Waals surface area contributed by atoms with Crippen molar-refractivity contribution >= 4 is 35.5 Å². The number of aliphatic hydroxyl groups is 1. The summed E-state index contributed by atoms with van der Waals surface area (Å²) in [6.45, 7) is 12.2. The van der Waals surface area contributed by atoms with E-state index in [2.05, 4.69) is 21.0 Å². The normalized spacial score (nSPS) is 16.1. The van der Waals surface area contributed by atoms with Gasteiger partial charge < -0.3 is 30.6 Å². The Morgan fingerprint density at radius 1 is 0.944 bits per heavy atom. The molecule has 1 aromatic heterocycles. The molecule has 2 aromatic carbocycles. The molecule has 2 heterocycles. The topological polar surface area (TPSA) is 167 Å². The highest BCUT2D eigenvalue weighted by Crippen LogP contribution is 2.24. The van der Waals surface area contributed by atoms with Crippen molar-refractivity contribution in [1.29, 1.82) is 0 Å². The first kappa shape index (κ1) is 42.0. The number of pyridine rings is 1. The van der Waals surface area contributed by atoms with E-state index in [4.69, 9.17) is 11.6 Å². The highest BCUT2D eigenvalue weighted by atomic mass is 35.5. The Balaban J connectivity index is 1.60. The summed E-state index contributed by atoms with van der Waals surface area (Å²) in [6.07, 6.45) is -1.68. The SMILES string of the molecule is CC[C@H](C)[C@@H](C(=O)N[C@@H](Cc1ccccc1)[C@@H](O)CN(Cc1ccc(Cl)cc1)NC(=O)[C@@H](NC(=O)O)C(C)(C)C)N1CCN(Cc2cccc(C)n2)C1=O. The Morgan fingerprint density at radius 2 is 1.63 bits per heavy atom. The summed E-state index contributed by atoms with van der Waals surface area (Å²) in [4.78, 5) is 61.3.